The third kappa shape index (κ3) is 15.7. The molecule has 0 spiro atoms. The van der Waals surface area contributed by atoms with Gasteiger partial charge in [-0.05, 0) is 12.0 Å². The normalized spacial score (nSPS) is 12.9. The molecule has 2 atom stereocenters. The van der Waals surface area contributed by atoms with Crippen LogP contribution in [0, 0.1) is 27.1 Å². The maximum Gasteiger partial charge on any atom is 0.185 e. The van der Waals surface area contributed by atoms with Crippen LogP contribution in [0.2, 0.25) is 0 Å². The van der Waals surface area contributed by atoms with Gasteiger partial charge in [0.15, 0.2) is 17.5 Å². The minimum absolute atomic E-state index is 0.0385. The maximum atomic E-state index is 12.0. The van der Waals surface area contributed by atoms with Gasteiger partial charge in [0.2, 0.25) is 0 Å². The highest BCUT2D eigenvalue weighted by atomic mass is 16.1. The maximum absolute atomic E-state index is 12.0. The first-order valence-electron chi connectivity index (χ1n) is 12.3. The zero-order chi connectivity index (χ0) is 30.6. The van der Waals surface area contributed by atoms with Crippen molar-refractivity contribution in [2.24, 2.45) is 55.6 Å². The lowest BCUT2D eigenvalue weighted by atomic mass is 9.84. The Kier molecular flexibility index (Phi) is 14.7. The van der Waals surface area contributed by atoms with Crippen LogP contribution in [0.5, 0.6) is 0 Å². The minimum atomic E-state index is -0.623. The first-order chi connectivity index (χ1) is 16.9. The van der Waals surface area contributed by atoms with E-state index < -0.39 is 22.9 Å². The number of Topliss-reactive ketones (excluding diaryl/α,β-unsaturated/α-hetero) is 2. The predicted octanol–water partition coefficient (Wildman–Crippen LogP) is 1.63. The number of rotatable bonds is 7. The van der Waals surface area contributed by atoms with Crippen molar-refractivity contribution in [3.63, 3.8) is 0 Å². The van der Waals surface area contributed by atoms with E-state index in [9.17, 15) is 9.59 Å². The van der Waals surface area contributed by atoms with Crippen molar-refractivity contribution in [3.8, 4) is 0 Å². The summed E-state index contributed by atoms with van der Waals surface area (Å²) in [6.07, 6.45) is 0.508. The van der Waals surface area contributed by atoms with E-state index in [0.29, 0.717) is 12.0 Å². The van der Waals surface area contributed by atoms with Gasteiger partial charge in [0.25, 0.3) is 0 Å². The Hall–Kier alpha value is -3.31. The number of nitrogen functional groups attached to an aromatic ring is 1. The Balaban J connectivity index is 0. The van der Waals surface area contributed by atoms with Gasteiger partial charge in [0.05, 0.1) is 24.5 Å². The Bertz CT molecular complexity index is 960. The molecular formula is C27H51N9O2. The largest absolute Gasteiger partial charge is 0.387 e. The number of nitrogens with one attached hydrogen (secondary N) is 2. The number of nitrogens with zero attached hydrogens (tertiary/aromatic N) is 1. The molecule has 0 amide bonds. The van der Waals surface area contributed by atoms with Gasteiger partial charge in [-0.25, -0.2) is 0 Å². The van der Waals surface area contributed by atoms with E-state index in [2.05, 4.69) is 4.99 Å². The number of carbonyl (C=O) groups is 2. The molecule has 38 heavy (non-hydrogen) atoms. The van der Waals surface area contributed by atoms with Gasteiger partial charge < -0.3 is 34.4 Å². The van der Waals surface area contributed by atoms with Crippen molar-refractivity contribution >= 4 is 29.2 Å². The Morgan fingerprint density at radius 3 is 1.39 bits per heavy atom. The van der Waals surface area contributed by atoms with Crippen molar-refractivity contribution in [2.45, 2.75) is 80.8 Å². The first kappa shape index (κ1) is 36.8. The van der Waals surface area contributed by atoms with Gasteiger partial charge in [0.1, 0.15) is 5.84 Å². The van der Waals surface area contributed by atoms with Crippen LogP contribution in [0.15, 0.2) is 29.3 Å². The molecule has 14 N–H and O–H groups in total. The van der Waals surface area contributed by atoms with Crippen molar-refractivity contribution in [1.82, 2.24) is 0 Å². The number of nitrogens with two attached hydrogens (primary N) is 6. The molecule has 1 rings (SSSR count). The van der Waals surface area contributed by atoms with E-state index >= 15 is 0 Å². The van der Waals surface area contributed by atoms with E-state index in [1.165, 1.54) is 0 Å². The lowest BCUT2D eigenvalue weighted by molar-refractivity contribution is -0.128. The Labute approximate surface area is 228 Å². The number of aliphatic imine (C=N–C) groups is 1. The molecule has 0 aliphatic rings. The van der Waals surface area contributed by atoms with E-state index in [-0.39, 0.29) is 41.2 Å². The Morgan fingerprint density at radius 1 is 0.737 bits per heavy atom. The number of benzene rings is 1. The third-order valence-corrected chi connectivity index (χ3v) is 5.15. The second-order valence-corrected chi connectivity index (χ2v) is 12.2. The molecule has 0 aliphatic heterocycles. The summed E-state index contributed by atoms with van der Waals surface area (Å²) in [5.74, 6) is 0.247. The average Bonchev–Trinajstić information content (AvgIpc) is 2.75. The minimum Gasteiger partial charge on any atom is -0.387 e. The highest BCUT2D eigenvalue weighted by molar-refractivity contribution is 5.95. The molecule has 0 saturated carbocycles. The fourth-order valence-corrected chi connectivity index (χ4v) is 2.57. The van der Waals surface area contributed by atoms with Crippen molar-refractivity contribution in [3.05, 3.63) is 35.4 Å². The smallest absolute Gasteiger partial charge is 0.185 e. The van der Waals surface area contributed by atoms with Crippen LogP contribution in [0.25, 0.3) is 0 Å². The Morgan fingerprint density at radius 2 is 1.11 bits per heavy atom. The molecule has 0 aliphatic carbocycles. The highest BCUT2D eigenvalue weighted by Gasteiger charge is 2.27. The molecule has 0 bridgehead atoms. The quantitative estimate of drug-likeness (QED) is 0.188. The molecule has 1 aromatic rings. The summed E-state index contributed by atoms with van der Waals surface area (Å²) in [5, 5.41) is 14.2. The standard InChI is InChI=1S/C14H21N3O.C8H18N4O.C5H12N2/c1-14(2,3)12(18)11(15)8-9-4-6-10(7-5-9)13(16)17;1-8(2,3)6(13)5(9)4-12-7(10)11;1-5(2,3)4(6)7/h4-7,11H,8,15H2,1-3H3,(H3,16,17);5H,4,9H2,1-3H3,(H4,10,11,12);1-3H3,(H3,6,7). The van der Waals surface area contributed by atoms with Crippen molar-refractivity contribution < 1.29 is 9.59 Å². The molecule has 11 heteroatoms. The van der Waals surface area contributed by atoms with Crippen LogP contribution in [-0.4, -0.2) is 47.8 Å². The van der Waals surface area contributed by atoms with Crippen LogP contribution in [0.4, 0.5) is 0 Å². The van der Waals surface area contributed by atoms with Crippen LogP contribution >= 0.6 is 0 Å². The molecule has 0 fully saturated rings. The number of ketones is 2. The highest BCUT2D eigenvalue weighted by Crippen LogP contribution is 2.18. The van der Waals surface area contributed by atoms with E-state index in [0.717, 1.165) is 5.56 Å². The first-order valence-corrected chi connectivity index (χ1v) is 12.3. The number of hydrogen-bond donors (Lipinski definition) is 8. The zero-order valence-corrected chi connectivity index (χ0v) is 24.6. The molecular weight excluding hydrogens is 482 g/mol. The molecule has 0 heterocycles. The van der Waals surface area contributed by atoms with Gasteiger partial charge in [0, 0.05) is 21.8 Å². The van der Waals surface area contributed by atoms with Crippen LogP contribution in [0.3, 0.4) is 0 Å². The monoisotopic (exact) mass is 533 g/mol. The average molecular weight is 534 g/mol. The fraction of sp³-hybridized carbons (Fsp3) is 0.593. The van der Waals surface area contributed by atoms with E-state index in [1.807, 2.05) is 74.4 Å². The summed E-state index contributed by atoms with van der Waals surface area (Å²) in [7, 11) is 0. The number of guanidine groups is 1. The van der Waals surface area contributed by atoms with Crippen molar-refractivity contribution in [1.29, 1.82) is 10.8 Å². The van der Waals surface area contributed by atoms with E-state index in [4.69, 9.17) is 45.2 Å². The van der Waals surface area contributed by atoms with Crippen LogP contribution in [-0.2, 0) is 16.0 Å². The van der Waals surface area contributed by atoms with Gasteiger partial charge in [-0.1, -0.05) is 86.6 Å². The third-order valence-electron chi connectivity index (χ3n) is 5.15. The number of hydrogen-bond acceptors (Lipinski definition) is 7. The predicted molar refractivity (Wildman–Crippen MR) is 158 cm³/mol. The summed E-state index contributed by atoms with van der Waals surface area (Å²) in [4.78, 5) is 27.2. The molecule has 11 nitrogen and oxygen atoms in total. The van der Waals surface area contributed by atoms with Crippen LogP contribution in [0.1, 0.15) is 73.4 Å². The van der Waals surface area contributed by atoms with E-state index in [1.54, 1.807) is 12.1 Å². The topological polar surface area (TPSA) is 250 Å². The van der Waals surface area contributed by atoms with Crippen LogP contribution < -0.4 is 34.4 Å². The summed E-state index contributed by atoms with van der Waals surface area (Å²) in [6, 6.07) is 6.13. The molecule has 0 radical (unpaired) electrons. The number of carbonyl (C=O) groups excluding carboxylic acids is 2. The lowest BCUT2D eigenvalue weighted by Crippen LogP contribution is -2.41. The molecule has 0 aromatic heterocycles. The second kappa shape index (κ2) is 15.2. The van der Waals surface area contributed by atoms with Gasteiger partial charge in [-0.2, -0.15) is 0 Å². The summed E-state index contributed by atoms with van der Waals surface area (Å²) in [5.41, 5.74) is 32.9. The molecule has 2 unspecified atom stereocenters. The zero-order valence-electron chi connectivity index (χ0n) is 24.6. The number of amidine groups is 2. The molecule has 1 aromatic carbocycles. The molecule has 216 valence electrons. The summed E-state index contributed by atoms with van der Waals surface area (Å²) >= 11 is 0. The van der Waals surface area contributed by atoms with Gasteiger partial charge in [-0.3, -0.25) is 25.4 Å². The summed E-state index contributed by atoms with van der Waals surface area (Å²) < 4.78 is 0. The van der Waals surface area contributed by atoms with Gasteiger partial charge in [-0.15, -0.1) is 0 Å². The van der Waals surface area contributed by atoms with Crippen molar-refractivity contribution in [2.75, 3.05) is 6.54 Å². The fourth-order valence-electron chi connectivity index (χ4n) is 2.57. The second-order valence-electron chi connectivity index (χ2n) is 12.2. The van der Waals surface area contributed by atoms with Gasteiger partial charge >= 0.3 is 0 Å². The molecule has 0 saturated heterocycles. The SMILES string of the molecule is CC(C)(C)C(=N)N.CC(C)(C)C(=O)C(N)CN=C(N)N.CC(C)(C)C(=O)C(N)Cc1ccc(C(=N)N)cc1. The lowest BCUT2D eigenvalue weighted by Gasteiger charge is -2.21. The summed E-state index contributed by atoms with van der Waals surface area (Å²) in [6.45, 7) is 16.9.